The molecule has 0 aromatic heterocycles. The van der Waals surface area contributed by atoms with Gasteiger partial charge in [-0.1, -0.05) is 42.5 Å². The van der Waals surface area contributed by atoms with Gasteiger partial charge in [-0.15, -0.1) is 0 Å². The second-order valence-corrected chi connectivity index (χ2v) is 6.57. The van der Waals surface area contributed by atoms with E-state index in [9.17, 15) is 22.8 Å². The molecule has 0 bridgehead atoms. The Balaban J connectivity index is 1.54. The number of benzene rings is 2. The van der Waals surface area contributed by atoms with Gasteiger partial charge in [0.1, 0.15) is 5.75 Å². The van der Waals surface area contributed by atoms with Crippen LogP contribution in [-0.2, 0) is 32.2 Å². The van der Waals surface area contributed by atoms with Crippen molar-refractivity contribution < 1.29 is 37.0 Å². The maximum Gasteiger partial charge on any atom is 0.491 e. The maximum absolute atomic E-state index is 12.0. The van der Waals surface area contributed by atoms with E-state index in [1.54, 1.807) is 12.1 Å². The molecule has 2 rings (SSSR count). The molecule has 0 unspecified atom stereocenters. The summed E-state index contributed by atoms with van der Waals surface area (Å²) in [5.41, 5.74) is 2.03. The first-order valence-electron chi connectivity index (χ1n) is 9.70. The lowest BCUT2D eigenvalue weighted by Gasteiger charge is -2.09. The third-order valence-electron chi connectivity index (χ3n) is 4.01. The topological polar surface area (TPSA) is 73.9 Å². The fourth-order valence-electron chi connectivity index (χ4n) is 2.45. The zero-order valence-corrected chi connectivity index (χ0v) is 16.8. The van der Waals surface area contributed by atoms with Gasteiger partial charge in [-0.2, -0.15) is 13.2 Å². The molecule has 0 fully saturated rings. The van der Waals surface area contributed by atoms with E-state index < -0.39 is 18.1 Å². The van der Waals surface area contributed by atoms with Crippen LogP contribution in [0.1, 0.15) is 24.0 Å². The normalized spacial score (nSPS) is 11.2. The van der Waals surface area contributed by atoms with Gasteiger partial charge in [0.2, 0.25) is 0 Å². The Bertz CT molecular complexity index is 810. The van der Waals surface area contributed by atoms with Gasteiger partial charge in [0.25, 0.3) is 0 Å². The number of carbonyl (C=O) groups is 2. The first-order valence-corrected chi connectivity index (χ1v) is 9.70. The molecule has 0 aliphatic carbocycles. The van der Waals surface area contributed by atoms with E-state index in [1.165, 1.54) is 0 Å². The molecule has 31 heavy (non-hydrogen) atoms. The molecule has 2 aromatic rings. The van der Waals surface area contributed by atoms with E-state index in [0.29, 0.717) is 32.1 Å². The monoisotopic (exact) mass is 439 g/mol. The summed E-state index contributed by atoms with van der Waals surface area (Å²) >= 11 is 0. The van der Waals surface area contributed by atoms with Crippen molar-refractivity contribution in [3.63, 3.8) is 0 Å². The minimum absolute atomic E-state index is 0.0746. The van der Waals surface area contributed by atoms with Crippen molar-refractivity contribution in [1.82, 2.24) is 5.32 Å². The zero-order valence-electron chi connectivity index (χ0n) is 16.8. The minimum atomic E-state index is -5.18. The van der Waals surface area contributed by atoms with Crippen LogP contribution in [0.25, 0.3) is 0 Å². The van der Waals surface area contributed by atoms with Crippen LogP contribution in [0.4, 0.5) is 13.2 Å². The Kier molecular flexibility index (Phi) is 9.99. The first kappa shape index (κ1) is 24.4. The van der Waals surface area contributed by atoms with E-state index in [4.69, 9.17) is 9.47 Å². The predicted molar refractivity (Wildman–Crippen MR) is 106 cm³/mol. The van der Waals surface area contributed by atoms with Crippen LogP contribution in [0.15, 0.2) is 54.6 Å². The lowest BCUT2D eigenvalue weighted by atomic mass is 10.2. The molecule has 9 heteroatoms. The predicted octanol–water partition coefficient (Wildman–Crippen LogP) is 3.78. The Morgan fingerprint density at radius 1 is 0.903 bits per heavy atom. The summed E-state index contributed by atoms with van der Waals surface area (Å²) < 4.78 is 50.9. The average Bonchev–Trinajstić information content (AvgIpc) is 2.74. The van der Waals surface area contributed by atoms with E-state index in [1.807, 2.05) is 42.5 Å². The van der Waals surface area contributed by atoms with Crippen molar-refractivity contribution in [3.05, 3.63) is 65.7 Å². The lowest BCUT2D eigenvalue weighted by Crippen LogP contribution is -2.29. The summed E-state index contributed by atoms with van der Waals surface area (Å²) in [6.45, 7) is 2.15. The average molecular weight is 439 g/mol. The van der Waals surface area contributed by atoms with E-state index in [2.05, 4.69) is 10.1 Å². The van der Waals surface area contributed by atoms with Crippen molar-refractivity contribution >= 4 is 11.9 Å². The number of rotatable bonds is 12. The fourth-order valence-corrected chi connectivity index (χ4v) is 2.45. The van der Waals surface area contributed by atoms with Gasteiger partial charge in [-0.05, 0) is 23.3 Å². The molecule has 0 heterocycles. The van der Waals surface area contributed by atoms with Gasteiger partial charge < -0.3 is 19.5 Å². The maximum atomic E-state index is 12.0. The van der Waals surface area contributed by atoms with Crippen LogP contribution in [0.2, 0.25) is 0 Å². The van der Waals surface area contributed by atoms with Crippen LogP contribution in [0, 0.1) is 0 Å². The van der Waals surface area contributed by atoms with E-state index in [-0.39, 0.29) is 13.0 Å². The molecule has 0 radical (unpaired) electrons. The second kappa shape index (κ2) is 12.7. The Labute approximate surface area is 178 Å². The number of halogens is 3. The zero-order chi connectivity index (χ0) is 22.5. The smallest absolute Gasteiger partial charge is 0.491 e. The molecule has 168 valence electrons. The summed E-state index contributed by atoms with van der Waals surface area (Å²) in [5.74, 6) is -3.02. The van der Waals surface area contributed by atoms with Crippen molar-refractivity contribution in [3.8, 4) is 5.75 Å². The largest absolute Gasteiger partial charge is 0.494 e. The Morgan fingerprint density at radius 2 is 1.61 bits per heavy atom. The molecule has 0 aliphatic heterocycles. The minimum Gasteiger partial charge on any atom is -0.494 e. The third-order valence-corrected chi connectivity index (χ3v) is 4.01. The second-order valence-electron chi connectivity index (χ2n) is 6.57. The standard InChI is InChI=1S/C22H24F3NO5/c23-22(24,25)21(28)31-20(27)11-12-26-15-17-7-9-19(10-8-17)30-14-4-13-29-16-18-5-2-1-3-6-18/h1-3,5-10,26H,4,11-16H2. The SMILES string of the molecule is O=C(CCNCc1ccc(OCCCOCc2ccccc2)cc1)OC(=O)C(F)(F)F. The van der Waals surface area contributed by atoms with Crippen molar-refractivity contribution in [2.75, 3.05) is 19.8 Å². The summed E-state index contributed by atoms with van der Waals surface area (Å²) in [7, 11) is 0. The number of esters is 2. The molecule has 2 aromatic carbocycles. The van der Waals surface area contributed by atoms with E-state index in [0.717, 1.165) is 17.5 Å². The van der Waals surface area contributed by atoms with E-state index >= 15 is 0 Å². The quantitative estimate of drug-likeness (QED) is 0.308. The summed E-state index contributed by atoms with van der Waals surface area (Å²) in [4.78, 5) is 21.7. The van der Waals surface area contributed by atoms with Crippen LogP contribution >= 0.6 is 0 Å². The molecule has 1 N–H and O–H groups in total. The molecule has 0 aliphatic rings. The summed E-state index contributed by atoms with van der Waals surface area (Å²) in [5, 5.41) is 2.89. The highest BCUT2D eigenvalue weighted by Gasteiger charge is 2.42. The highest BCUT2D eigenvalue weighted by atomic mass is 19.4. The number of ether oxygens (including phenoxy) is 3. The van der Waals surface area contributed by atoms with Crippen LogP contribution in [0.3, 0.4) is 0 Å². The number of hydrogen-bond acceptors (Lipinski definition) is 6. The summed E-state index contributed by atoms with van der Waals surface area (Å²) in [6, 6.07) is 17.2. The van der Waals surface area contributed by atoms with Crippen LogP contribution in [0.5, 0.6) is 5.75 Å². The van der Waals surface area contributed by atoms with Crippen molar-refractivity contribution in [1.29, 1.82) is 0 Å². The Morgan fingerprint density at radius 3 is 2.29 bits per heavy atom. The highest BCUT2D eigenvalue weighted by molar-refractivity contribution is 5.88. The van der Waals surface area contributed by atoms with Gasteiger partial charge in [0, 0.05) is 19.5 Å². The van der Waals surface area contributed by atoms with Crippen LogP contribution in [-0.4, -0.2) is 37.9 Å². The van der Waals surface area contributed by atoms with Gasteiger partial charge in [0.15, 0.2) is 0 Å². The molecule has 0 atom stereocenters. The molecule has 0 amide bonds. The molecule has 0 spiro atoms. The molecular formula is C22H24F3NO5. The Hall–Kier alpha value is -2.91. The molecule has 0 saturated heterocycles. The van der Waals surface area contributed by atoms with Crippen molar-refractivity contribution in [2.45, 2.75) is 32.2 Å². The van der Waals surface area contributed by atoms with Crippen molar-refractivity contribution in [2.24, 2.45) is 0 Å². The number of alkyl halides is 3. The molecule has 0 saturated carbocycles. The number of nitrogens with one attached hydrogen (secondary N) is 1. The van der Waals surface area contributed by atoms with Crippen LogP contribution < -0.4 is 10.1 Å². The third kappa shape index (κ3) is 10.1. The van der Waals surface area contributed by atoms with Gasteiger partial charge in [-0.3, -0.25) is 4.79 Å². The number of hydrogen-bond donors (Lipinski definition) is 1. The molecule has 6 nitrogen and oxygen atoms in total. The fraction of sp³-hybridized carbons (Fsp3) is 0.364. The number of carbonyl (C=O) groups excluding carboxylic acids is 2. The highest BCUT2D eigenvalue weighted by Crippen LogP contribution is 2.16. The van der Waals surface area contributed by atoms with Gasteiger partial charge in [-0.25, -0.2) is 4.79 Å². The van der Waals surface area contributed by atoms with Gasteiger partial charge in [0.05, 0.1) is 26.2 Å². The molecular weight excluding hydrogens is 415 g/mol. The van der Waals surface area contributed by atoms with Gasteiger partial charge >= 0.3 is 18.1 Å². The first-order chi connectivity index (χ1) is 14.8. The lowest BCUT2D eigenvalue weighted by molar-refractivity contribution is -0.201. The summed E-state index contributed by atoms with van der Waals surface area (Å²) in [6.07, 6.45) is -4.78.